The number of rotatable bonds is 3. The second kappa shape index (κ2) is 7.13. The number of pyridine rings is 1. The Morgan fingerprint density at radius 3 is 3.00 bits per heavy atom. The number of nitrogens with one attached hydrogen (secondary N) is 1. The van der Waals surface area contributed by atoms with Gasteiger partial charge in [-0.3, -0.25) is 19.5 Å². The topological polar surface area (TPSA) is 74.8 Å². The van der Waals surface area contributed by atoms with Gasteiger partial charge in [0, 0.05) is 32.0 Å². The molecule has 26 heavy (non-hydrogen) atoms. The van der Waals surface area contributed by atoms with E-state index in [0.717, 1.165) is 12.1 Å². The van der Waals surface area contributed by atoms with Gasteiger partial charge in [0.2, 0.25) is 5.91 Å². The Morgan fingerprint density at radius 2 is 2.15 bits per heavy atom. The summed E-state index contributed by atoms with van der Waals surface area (Å²) in [4.78, 5) is 32.9. The van der Waals surface area contributed by atoms with Gasteiger partial charge in [-0.15, -0.1) is 0 Å². The van der Waals surface area contributed by atoms with Gasteiger partial charge < -0.3 is 15.0 Å². The minimum atomic E-state index is -0.204. The molecule has 0 aliphatic carbocycles. The Balaban J connectivity index is 1.56. The third kappa shape index (κ3) is 3.13. The van der Waals surface area contributed by atoms with Crippen LogP contribution in [0.2, 0.25) is 0 Å². The third-order valence-corrected chi connectivity index (χ3v) is 4.73. The summed E-state index contributed by atoms with van der Waals surface area (Å²) >= 11 is 0. The number of piperazine rings is 1. The number of hydrogen-bond donors (Lipinski definition) is 1. The Bertz CT molecular complexity index is 811. The zero-order valence-corrected chi connectivity index (χ0v) is 14.3. The average Bonchev–Trinajstić information content (AvgIpc) is 2.71. The SMILES string of the molecule is O=C1COc2ccccc2N1CC(=O)N1CCNCC1c1cccnc1. The number of hydrogen-bond acceptors (Lipinski definition) is 5. The predicted molar refractivity (Wildman–Crippen MR) is 95.9 cm³/mol. The van der Waals surface area contributed by atoms with E-state index in [2.05, 4.69) is 10.3 Å². The van der Waals surface area contributed by atoms with Crippen LogP contribution in [-0.2, 0) is 9.59 Å². The van der Waals surface area contributed by atoms with E-state index in [9.17, 15) is 9.59 Å². The van der Waals surface area contributed by atoms with E-state index in [1.54, 1.807) is 18.5 Å². The van der Waals surface area contributed by atoms with Gasteiger partial charge in [-0.25, -0.2) is 0 Å². The van der Waals surface area contributed by atoms with Crippen molar-refractivity contribution in [3.05, 3.63) is 54.4 Å². The number of fused-ring (bicyclic) bond motifs is 1. The molecule has 1 atom stereocenters. The smallest absolute Gasteiger partial charge is 0.265 e. The van der Waals surface area contributed by atoms with Crippen molar-refractivity contribution in [3.8, 4) is 5.75 Å². The molecule has 1 unspecified atom stereocenters. The minimum Gasteiger partial charge on any atom is -0.482 e. The second-order valence-electron chi connectivity index (χ2n) is 6.33. The van der Waals surface area contributed by atoms with E-state index < -0.39 is 0 Å². The van der Waals surface area contributed by atoms with Gasteiger partial charge >= 0.3 is 0 Å². The number of carbonyl (C=O) groups excluding carboxylic acids is 2. The number of para-hydroxylation sites is 2. The van der Waals surface area contributed by atoms with E-state index >= 15 is 0 Å². The number of aromatic nitrogens is 1. The van der Waals surface area contributed by atoms with Gasteiger partial charge in [0.05, 0.1) is 11.7 Å². The van der Waals surface area contributed by atoms with Gasteiger partial charge in [0.25, 0.3) is 5.91 Å². The van der Waals surface area contributed by atoms with Crippen LogP contribution in [0, 0.1) is 0 Å². The molecule has 2 aliphatic rings. The maximum absolute atomic E-state index is 13.0. The van der Waals surface area contributed by atoms with Gasteiger partial charge in [-0.2, -0.15) is 0 Å². The zero-order valence-electron chi connectivity index (χ0n) is 14.3. The fourth-order valence-electron chi connectivity index (χ4n) is 3.43. The van der Waals surface area contributed by atoms with Gasteiger partial charge in [-0.05, 0) is 23.8 Å². The molecule has 0 saturated carbocycles. The van der Waals surface area contributed by atoms with E-state index in [-0.39, 0.29) is 31.0 Å². The van der Waals surface area contributed by atoms with Crippen LogP contribution in [0.1, 0.15) is 11.6 Å². The molecule has 134 valence electrons. The van der Waals surface area contributed by atoms with Crippen molar-refractivity contribution in [3.63, 3.8) is 0 Å². The maximum atomic E-state index is 13.0. The lowest BCUT2D eigenvalue weighted by atomic mass is 10.1. The first-order valence-corrected chi connectivity index (χ1v) is 8.66. The largest absolute Gasteiger partial charge is 0.482 e. The van der Waals surface area contributed by atoms with Crippen LogP contribution < -0.4 is 15.0 Å². The lowest BCUT2D eigenvalue weighted by Crippen LogP contribution is -2.53. The van der Waals surface area contributed by atoms with Crippen LogP contribution >= 0.6 is 0 Å². The fraction of sp³-hybridized carbons (Fsp3) is 0.316. The normalized spacial score (nSPS) is 19.7. The van der Waals surface area contributed by atoms with E-state index in [1.807, 2.05) is 35.2 Å². The summed E-state index contributed by atoms with van der Waals surface area (Å²) in [5, 5.41) is 3.32. The number of nitrogens with zero attached hydrogens (tertiary/aromatic N) is 3. The van der Waals surface area contributed by atoms with Crippen molar-refractivity contribution < 1.29 is 14.3 Å². The highest BCUT2D eigenvalue weighted by molar-refractivity contribution is 6.02. The molecule has 1 aromatic heterocycles. The lowest BCUT2D eigenvalue weighted by Gasteiger charge is -2.38. The highest BCUT2D eigenvalue weighted by atomic mass is 16.5. The molecule has 7 nitrogen and oxygen atoms in total. The van der Waals surface area contributed by atoms with Gasteiger partial charge in [0.1, 0.15) is 12.3 Å². The highest BCUT2D eigenvalue weighted by Gasteiger charge is 2.32. The van der Waals surface area contributed by atoms with Gasteiger partial charge in [-0.1, -0.05) is 18.2 Å². The summed E-state index contributed by atoms with van der Waals surface area (Å²) in [5.74, 6) is 0.347. The van der Waals surface area contributed by atoms with E-state index in [4.69, 9.17) is 4.74 Å². The molecular formula is C19H20N4O3. The summed E-state index contributed by atoms with van der Waals surface area (Å²) in [6.45, 7) is 1.97. The van der Waals surface area contributed by atoms with Crippen LogP contribution in [0.5, 0.6) is 5.75 Å². The third-order valence-electron chi connectivity index (χ3n) is 4.73. The van der Waals surface area contributed by atoms with Crippen molar-refractivity contribution in [2.45, 2.75) is 6.04 Å². The van der Waals surface area contributed by atoms with Crippen LogP contribution in [0.3, 0.4) is 0 Å². The standard InChI is InChI=1S/C19H20N4O3/c24-18(12-23-15-5-1-2-6-17(15)26-13-19(23)25)22-9-8-21-11-16(22)14-4-3-7-20-10-14/h1-7,10,16,21H,8-9,11-13H2. The van der Waals surface area contributed by atoms with Gasteiger partial charge in [0.15, 0.2) is 6.61 Å². The minimum absolute atomic E-state index is 0.00989. The quantitative estimate of drug-likeness (QED) is 0.891. The predicted octanol–water partition coefficient (Wildman–Crippen LogP) is 0.980. The molecule has 2 amide bonds. The van der Waals surface area contributed by atoms with Crippen molar-refractivity contribution >= 4 is 17.5 Å². The molecule has 0 bridgehead atoms. The Kier molecular flexibility index (Phi) is 4.53. The number of anilines is 1. The molecule has 1 N–H and O–H groups in total. The average molecular weight is 352 g/mol. The van der Waals surface area contributed by atoms with E-state index in [1.165, 1.54) is 4.90 Å². The summed E-state index contributed by atoms with van der Waals surface area (Å²) in [6.07, 6.45) is 3.50. The summed E-state index contributed by atoms with van der Waals surface area (Å²) in [7, 11) is 0. The number of carbonyl (C=O) groups is 2. The van der Waals surface area contributed by atoms with Crippen LogP contribution in [-0.4, -0.2) is 54.5 Å². The number of ether oxygens (including phenoxy) is 1. The molecule has 1 aromatic carbocycles. The molecular weight excluding hydrogens is 332 g/mol. The number of benzene rings is 1. The second-order valence-corrected chi connectivity index (χ2v) is 6.33. The summed E-state index contributed by atoms with van der Waals surface area (Å²) < 4.78 is 5.45. The Hall–Kier alpha value is -2.93. The molecule has 1 saturated heterocycles. The lowest BCUT2D eigenvalue weighted by molar-refractivity contribution is -0.134. The molecule has 7 heteroatoms. The Labute approximate surface area is 151 Å². The fourth-order valence-corrected chi connectivity index (χ4v) is 3.43. The van der Waals surface area contributed by atoms with Crippen LogP contribution in [0.15, 0.2) is 48.8 Å². The summed E-state index contributed by atoms with van der Waals surface area (Å²) in [5.41, 5.74) is 1.63. The van der Waals surface area contributed by atoms with Crippen molar-refractivity contribution in [2.75, 3.05) is 37.7 Å². The number of amides is 2. The molecule has 1 fully saturated rings. The van der Waals surface area contributed by atoms with Crippen molar-refractivity contribution in [2.24, 2.45) is 0 Å². The van der Waals surface area contributed by atoms with Crippen molar-refractivity contribution in [1.82, 2.24) is 15.2 Å². The first-order valence-electron chi connectivity index (χ1n) is 8.66. The van der Waals surface area contributed by atoms with Crippen molar-refractivity contribution in [1.29, 1.82) is 0 Å². The monoisotopic (exact) mass is 352 g/mol. The van der Waals surface area contributed by atoms with Crippen LogP contribution in [0.4, 0.5) is 5.69 Å². The Morgan fingerprint density at radius 1 is 1.27 bits per heavy atom. The van der Waals surface area contributed by atoms with Crippen LogP contribution in [0.25, 0.3) is 0 Å². The molecule has 2 aromatic rings. The highest BCUT2D eigenvalue weighted by Crippen LogP contribution is 2.32. The first-order chi connectivity index (χ1) is 12.7. The maximum Gasteiger partial charge on any atom is 0.265 e. The zero-order chi connectivity index (χ0) is 17.9. The molecule has 0 spiro atoms. The molecule has 4 rings (SSSR count). The first kappa shape index (κ1) is 16.5. The molecule has 2 aliphatic heterocycles. The molecule has 3 heterocycles. The molecule has 0 radical (unpaired) electrons. The van der Waals surface area contributed by atoms with E-state index in [0.29, 0.717) is 24.5 Å². The summed E-state index contributed by atoms with van der Waals surface area (Å²) in [6, 6.07) is 11.1.